The van der Waals surface area contributed by atoms with Crippen molar-refractivity contribution in [3.8, 4) is 0 Å². The molecule has 18 heavy (non-hydrogen) atoms. The van der Waals surface area contributed by atoms with Crippen molar-refractivity contribution in [3.63, 3.8) is 0 Å². The quantitative estimate of drug-likeness (QED) is 0.509. The molecule has 0 aromatic heterocycles. The summed E-state index contributed by atoms with van der Waals surface area (Å²) >= 11 is 4.80. The van der Waals surface area contributed by atoms with Gasteiger partial charge in [-0.2, -0.15) is 0 Å². The minimum Gasteiger partial charge on any atom is -0.212 e. The third-order valence-corrected chi connectivity index (χ3v) is 10.4. The fraction of sp³-hybridized carbons (Fsp3) is 0.533. The lowest BCUT2D eigenvalue weighted by molar-refractivity contribution is 0.698. The van der Waals surface area contributed by atoms with E-state index in [4.69, 9.17) is 12.2 Å². The highest BCUT2D eigenvalue weighted by atomic mass is 32.3. The van der Waals surface area contributed by atoms with E-state index < -0.39 is 13.0 Å². The summed E-state index contributed by atoms with van der Waals surface area (Å²) in [5, 5.41) is 2.77. The van der Waals surface area contributed by atoms with Gasteiger partial charge in [-0.3, -0.25) is 0 Å². The summed E-state index contributed by atoms with van der Waals surface area (Å²) in [6.45, 7) is 9.30. The number of rotatable bonds is 6. The molecule has 1 rings (SSSR count). The summed E-state index contributed by atoms with van der Waals surface area (Å²) in [6, 6.07) is 10.5. The summed E-state index contributed by atoms with van der Waals surface area (Å²) in [5.74, 6) is 1.60. The van der Waals surface area contributed by atoms with E-state index in [-0.39, 0.29) is 0 Å². The van der Waals surface area contributed by atoms with Gasteiger partial charge in [0.1, 0.15) is 0 Å². The minimum atomic E-state index is -0.802. The monoisotopic (exact) mass is 294 g/mol. The Labute approximate surface area is 125 Å². The Hall–Kier alpha value is 0.192. The van der Waals surface area contributed by atoms with Gasteiger partial charge in [0, 0.05) is 0 Å². The van der Waals surface area contributed by atoms with Crippen LogP contribution >= 0.6 is 22.3 Å². The van der Waals surface area contributed by atoms with Gasteiger partial charge in [-0.05, 0) is 5.56 Å². The fourth-order valence-electron chi connectivity index (χ4n) is 2.04. The molecule has 0 spiro atoms. The lowest BCUT2D eigenvalue weighted by atomic mass is 10.2. The Kier molecular flexibility index (Phi) is 7.56. The van der Waals surface area contributed by atoms with Gasteiger partial charge in [0.25, 0.3) is 0 Å². The molecule has 0 fully saturated rings. The van der Waals surface area contributed by atoms with Gasteiger partial charge in [-0.1, -0.05) is 92.6 Å². The molecule has 0 aliphatic carbocycles. The van der Waals surface area contributed by atoms with Crippen molar-refractivity contribution in [2.45, 2.75) is 38.3 Å². The minimum absolute atomic E-state index is 0.798. The predicted octanol–water partition coefficient (Wildman–Crippen LogP) is 5.40. The molecular formula is C15H23AlS2. The molecule has 98 valence electrons. The molecule has 0 N–H and O–H groups in total. The number of hydrogen-bond donors (Lipinski definition) is 0. The van der Waals surface area contributed by atoms with Crippen LogP contribution in [0.2, 0.25) is 10.6 Å². The molecule has 0 radical (unpaired) electrons. The predicted molar refractivity (Wildman–Crippen MR) is 90.8 cm³/mol. The highest BCUT2D eigenvalue weighted by Crippen LogP contribution is 2.27. The second kappa shape index (κ2) is 8.38. The van der Waals surface area contributed by atoms with Crippen LogP contribution in [0.25, 0.3) is 0 Å². The summed E-state index contributed by atoms with van der Waals surface area (Å²) in [5.41, 5.74) is 1.22. The first-order valence-electron chi connectivity index (χ1n) is 6.75. The first-order valence-corrected chi connectivity index (χ1v) is 11.1. The number of hydrogen-bond acceptors (Lipinski definition) is 2. The van der Waals surface area contributed by atoms with Crippen molar-refractivity contribution in [1.82, 2.24) is 0 Å². The molecule has 1 aromatic rings. The first kappa shape index (κ1) is 16.2. The average Bonchev–Trinajstić information content (AvgIpc) is 2.28. The van der Waals surface area contributed by atoms with Crippen molar-refractivity contribution in [3.05, 3.63) is 35.9 Å². The molecule has 1 aromatic carbocycles. The maximum absolute atomic E-state index is 5.60. The number of thiocarbonyl (C=S) groups is 1. The zero-order valence-corrected chi connectivity index (χ0v) is 14.6. The van der Waals surface area contributed by atoms with Crippen LogP contribution < -0.4 is 0 Å². The van der Waals surface area contributed by atoms with Gasteiger partial charge in [0.05, 0.1) is 4.20 Å². The smallest absolute Gasteiger partial charge is 0.212 e. The second-order valence-electron chi connectivity index (χ2n) is 5.65. The Morgan fingerprint density at radius 3 is 2.00 bits per heavy atom. The molecule has 0 atom stereocenters. The standard InChI is InChI=1S/C7H6S2.2C4H9.Al/c8-7(9)6-4-2-1-3-5-6;2*1-4(2)3;/h1-5H,(H,8,9);2*4H,1H2,2-3H3;/q;;;+1/p-1. The van der Waals surface area contributed by atoms with Crippen LogP contribution in [0.5, 0.6) is 0 Å². The molecule has 0 heterocycles. The van der Waals surface area contributed by atoms with Crippen LogP contribution in [0.3, 0.4) is 0 Å². The molecular weight excluding hydrogens is 271 g/mol. The van der Waals surface area contributed by atoms with Crippen molar-refractivity contribution in [1.29, 1.82) is 0 Å². The maximum Gasteiger partial charge on any atom is 0.359 e. The van der Waals surface area contributed by atoms with E-state index >= 15 is 0 Å². The zero-order chi connectivity index (χ0) is 13.5. The van der Waals surface area contributed by atoms with Gasteiger partial charge >= 0.3 is 13.0 Å². The molecule has 0 aliphatic rings. The Morgan fingerprint density at radius 1 is 1.06 bits per heavy atom. The molecule has 0 bridgehead atoms. The lowest BCUT2D eigenvalue weighted by Gasteiger charge is -2.16. The molecule has 0 unspecified atom stereocenters. The van der Waals surface area contributed by atoms with Crippen LogP contribution in [-0.2, 0) is 0 Å². The summed E-state index contributed by atoms with van der Waals surface area (Å²) < 4.78 is 1.11. The van der Waals surface area contributed by atoms with Crippen molar-refractivity contribution in [2.24, 2.45) is 11.8 Å². The van der Waals surface area contributed by atoms with Gasteiger partial charge in [-0.15, -0.1) is 0 Å². The van der Waals surface area contributed by atoms with Crippen LogP contribution in [0, 0.1) is 11.8 Å². The van der Waals surface area contributed by atoms with Gasteiger partial charge in [0.2, 0.25) is 0 Å². The molecule has 0 saturated heterocycles. The van der Waals surface area contributed by atoms with Crippen LogP contribution in [0.1, 0.15) is 33.3 Å². The SMILES string of the molecule is CC(C)[CH2][Al]([CH2]C(C)C)[S]C(=S)c1ccccc1. The second-order valence-corrected chi connectivity index (χ2v) is 11.9. The largest absolute Gasteiger partial charge is 0.359 e. The molecule has 3 heteroatoms. The van der Waals surface area contributed by atoms with E-state index in [1.807, 2.05) is 16.2 Å². The maximum atomic E-state index is 5.60. The average molecular weight is 294 g/mol. The highest BCUT2D eigenvalue weighted by molar-refractivity contribution is 8.42. The Balaban J connectivity index is 2.62. The van der Waals surface area contributed by atoms with Crippen LogP contribution in [-0.4, -0.2) is 17.2 Å². The Bertz CT molecular complexity index is 350. The molecule has 0 nitrogen and oxygen atoms in total. The zero-order valence-electron chi connectivity index (χ0n) is 11.8. The molecule has 0 saturated carbocycles. The van der Waals surface area contributed by atoms with E-state index in [0.717, 1.165) is 16.0 Å². The van der Waals surface area contributed by atoms with E-state index in [1.165, 1.54) is 16.1 Å². The van der Waals surface area contributed by atoms with E-state index in [9.17, 15) is 0 Å². The first-order chi connectivity index (χ1) is 8.49. The van der Waals surface area contributed by atoms with Gasteiger partial charge < -0.3 is 0 Å². The summed E-state index contributed by atoms with van der Waals surface area (Å²) in [4.78, 5) is 0. The van der Waals surface area contributed by atoms with Crippen molar-refractivity contribution >= 4 is 39.6 Å². The molecule has 0 amide bonds. The highest BCUT2D eigenvalue weighted by Gasteiger charge is 2.23. The van der Waals surface area contributed by atoms with Crippen LogP contribution in [0.4, 0.5) is 0 Å². The van der Waals surface area contributed by atoms with Gasteiger partial charge in [0.15, 0.2) is 0 Å². The van der Waals surface area contributed by atoms with E-state index in [2.05, 4.69) is 52.0 Å². The number of benzene rings is 1. The summed E-state index contributed by atoms with van der Waals surface area (Å²) in [6.07, 6.45) is 0. The van der Waals surface area contributed by atoms with Crippen LogP contribution in [0.15, 0.2) is 30.3 Å². The molecule has 0 aliphatic heterocycles. The van der Waals surface area contributed by atoms with Crippen molar-refractivity contribution in [2.75, 3.05) is 0 Å². The van der Waals surface area contributed by atoms with Crippen molar-refractivity contribution < 1.29 is 0 Å². The topological polar surface area (TPSA) is 0 Å². The van der Waals surface area contributed by atoms with E-state index in [0.29, 0.717) is 0 Å². The fourth-order valence-corrected chi connectivity index (χ4v) is 10.7. The third-order valence-electron chi connectivity index (χ3n) is 2.75. The van der Waals surface area contributed by atoms with E-state index in [1.54, 1.807) is 0 Å². The Morgan fingerprint density at radius 2 is 1.56 bits per heavy atom. The third kappa shape index (κ3) is 6.39. The van der Waals surface area contributed by atoms with Gasteiger partial charge in [-0.25, -0.2) is 10.1 Å². The normalized spacial score (nSPS) is 11.0. The lowest BCUT2D eigenvalue weighted by Crippen LogP contribution is -2.16. The summed E-state index contributed by atoms with van der Waals surface area (Å²) in [7, 11) is 2.02.